The number of rotatable bonds is 3. The van der Waals surface area contributed by atoms with Gasteiger partial charge in [0.25, 0.3) is 0 Å². The largest absolute Gasteiger partial charge is 0.417 e. The van der Waals surface area contributed by atoms with Gasteiger partial charge in [0.15, 0.2) is 5.58 Å². The Bertz CT molecular complexity index is 787. The summed E-state index contributed by atoms with van der Waals surface area (Å²) in [6, 6.07) is 5.34. The second-order valence-corrected chi connectivity index (χ2v) is 4.84. The minimum absolute atomic E-state index is 0.0352. The number of aliphatic hydroxyl groups is 1. The molecule has 0 radical (unpaired) electrons. The predicted molar refractivity (Wildman–Crippen MR) is 72.9 cm³/mol. The zero-order chi connectivity index (χ0) is 13.4. The number of benzene rings is 1. The molecule has 0 saturated carbocycles. The summed E-state index contributed by atoms with van der Waals surface area (Å²) in [5.74, 6) is 0.222. The second-order valence-electron chi connectivity index (χ2n) is 4.05. The Morgan fingerprint density at radius 3 is 3.00 bits per heavy atom. The van der Waals surface area contributed by atoms with Gasteiger partial charge >= 0.3 is 5.76 Å². The van der Waals surface area contributed by atoms with E-state index in [1.54, 1.807) is 12.1 Å². The molecule has 3 rings (SSSR count). The Morgan fingerprint density at radius 1 is 1.37 bits per heavy atom. The molecule has 2 aromatic heterocycles. The smallest absolute Gasteiger partial charge is 0.408 e. The van der Waals surface area contributed by atoms with E-state index in [2.05, 4.69) is 30.9 Å². The maximum absolute atomic E-state index is 11.1. The van der Waals surface area contributed by atoms with Gasteiger partial charge < -0.3 is 14.5 Å². The first kappa shape index (κ1) is 12.2. The van der Waals surface area contributed by atoms with E-state index in [4.69, 9.17) is 9.52 Å². The molecular formula is C12H10BrN3O3. The lowest BCUT2D eigenvalue weighted by Crippen LogP contribution is -1.93. The van der Waals surface area contributed by atoms with Crippen LogP contribution >= 0.6 is 15.9 Å². The van der Waals surface area contributed by atoms with Crippen molar-refractivity contribution in [2.75, 3.05) is 6.61 Å². The van der Waals surface area contributed by atoms with E-state index >= 15 is 0 Å². The minimum atomic E-state index is -0.478. The van der Waals surface area contributed by atoms with E-state index in [0.717, 1.165) is 15.9 Å². The highest BCUT2D eigenvalue weighted by Crippen LogP contribution is 2.28. The zero-order valence-electron chi connectivity index (χ0n) is 9.74. The van der Waals surface area contributed by atoms with Crippen molar-refractivity contribution in [2.45, 2.75) is 6.42 Å². The first-order valence-corrected chi connectivity index (χ1v) is 6.45. The third kappa shape index (κ3) is 2.22. The summed E-state index contributed by atoms with van der Waals surface area (Å²) in [7, 11) is 0. The van der Waals surface area contributed by atoms with Gasteiger partial charge in [-0.05, 0) is 34.1 Å². The van der Waals surface area contributed by atoms with Gasteiger partial charge in [-0.15, -0.1) is 0 Å². The van der Waals surface area contributed by atoms with Crippen LogP contribution in [0.15, 0.2) is 32.0 Å². The van der Waals surface area contributed by atoms with Gasteiger partial charge in [-0.25, -0.2) is 9.78 Å². The molecule has 98 valence electrons. The molecule has 0 amide bonds. The average Bonchev–Trinajstić information content (AvgIpc) is 2.90. The van der Waals surface area contributed by atoms with E-state index in [0.29, 0.717) is 23.3 Å². The fourth-order valence-electron chi connectivity index (χ4n) is 1.91. The number of hydrogen-bond acceptors (Lipinski definition) is 4. The summed E-state index contributed by atoms with van der Waals surface area (Å²) in [5.41, 5.74) is 2.71. The Labute approximate surface area is 115 Å². The van der Waals surface area contributed by atoms with E-state index < -0.39 is 5.76 Å². The number of oxazole rings is 1. The predicted octanol–water partition coefficient (Wildman–Crippen LogP) is 1.81. The van der Waals surface area contributed by atoms with E-state index in [1.807, 2.05) is 6.07 Å². The van der Waals surface area contributed by atoms with Crippen molar-refractivity contribution >= 4 is 27.0 Å². The van der Waals surface area contributed by atoms with Gasteiger partial charge in [0.05, 0.1) is 12.1 Å². The number of nitrogens with zero attached hydrogens (tertiary/aromatic N) is 1. The third-order valence-electron chi connectivity index (χ3n) is 2.75. The molecule has 0 unspecified atom stereocenters. The topological polar surface area (TPSA) is 94.9 Å². The monoisotopic (exact) mass is 323 g/mol. The summed E-state index contributed by atoms with van der Waals surface area (Å²) in [4.78, 5) is 21.2. The zero-order valence-corrected chi connectivity index (χ0v) is 11.3. The Balaban J connectivity index is 2.10. The lowest BCUT2D eigenvalue weighted by Gasteiger charge is -1.97. The van der Waals surface area contributed by atoms with Crippen LogP contribution in [0.25, 0.3) is 22.4 Å². The standard InChI is InChI=1S/C12H10BrN3O3/c13-11-10(15-9(16-11)3-4-17)6-1-2-8-7(5-6)14-12(18)19-8/h1-2,5,17H,3-4H2,(H,14,18)(H,15,16). The van der Waals surface area contributed by atoms with Gasteiger partial charge in [-0.2, -0.15) is 0 Å². The molecule has 2 heterocycles. The number of imidazole rings is 1. The highest BCUT2D eigenvalue weighted by molar-refractivity contribution is 9.10. The van der Waals surface area contributed by atoms with Crippen LogP contribution in [0.4, 0.5) is 0 Å². The van der Waals surface area contributed by atoms with Gasteiger partial charge in [0.1, 0.15) is 16.1 Å². The molecule has 0 aliphatic carbocycles. The van der Waals surface area contributed by atoms with Gasteiger partial charge in [-0.1, -0.05) is 0 Å². The van der Waals surface area contributed by atoms with E-state index in [1.165, 1.54) is 0 Å². The van der Waals surface area contributed by atoms with Crippen LogP contribution in [-0.2, 0) is 6.42 Å². The van der Waals surface area contributed by atoms with Crippen molar-refractivity contribution in [3.63, 3.8) is 0 Å². The molecule has 0 spiro atoms. The van der Waals surface area contributed by atoms with Crippen molar-refractivity contribution in [2.24, 2.45) is 0 Å². The highest BCUT2D eigenvalue weighted by Gasteiger charge is 2.11. The molecule has 19 heavy (non-hydrogen) atoms. The lowest BCUT2D eigenvalue weighted by molar-refractivity contribution is 0.297. The first-order valence-electron chi connectivity index (χ1n) is 5.66. The highest BCUT2D eigenvalue weighted by atomic mass is 79.9. The number of nitrogens with one attached hydrogen (secondary N) is 2. The van der Waals surface area contributed by atoms with Crippen molar-refractivity contribution in [1.29, 1.82) is 0 Å². The number of fused-ring (bicyclic) bond motifs is 1. The molecule has 0 fully saturated rings. The SMILES string of the molecule is O=c1[nH]c2cc(-c3nc(CCO)[nH]c3Br)ccc2o1. The molecular weight excluding hydrogens is 314 g/mol. The fraction of sp³-hybridized carbons (Fsp3) is 0.167. The molecule has 3 aromatic rings. The first-order chi connectivity index (χ1) is 9.17. The lowest BCUT2D eigenvalue weighted by atomic mass is 10.1. The Kier molecular flexibility index (Phi) is 3.00. The molecule has 6 nitrogen and oxygen atoms in total. The Hall–Kier alpha value is -1.86. The Morgan fingerprint density at radius 2 is 2.21 bits per heavy atom. The van der Waals surface area contributed by atoms with Gasteiger partial charge in [0, 0.05) is 12.0 Å². The molecule has 3 N–H and O–H groups in total. The second kappa shape index (κ2) is 4.67. The van der Waals surface area contributed by atoms with E-state index in [-0.39, 0.29) is 6.61 Å². The minimum Gasteiger partial charge on any atom is -0.408 e. The van der Waals surface area contributed by atoms with Crippen LogP contribution in [0.3, 0.4) is 0 Å². The average molecular weight is 324 g/mol. The fourth-order valence-corrected chi connectivity index (χ4v) is 2.46. The molecule has 1 aromatic carbocycles. The van der Waals surface area contributed by atoms with Crippen LogP contribution in [0.2, 0.25) is 0 Å². The van der Waals surface area contributed by atoms with Crippen LogP contribution in [0.5, 0.6) is 0 Å². The summed E-state index contributed by atoms with van der Waals surface area (Å²) in [5, 5.41) is 8.91. The number of halogens is 1. The summed E-state index contributed by atoms with van der Waals surface area (Å²) in [6.07, 6.45) is 0.462. The number of aromatic amines is 2. The summed E-state index contributed by atoms with van der Waals surface area (Å²) >= 11 is 3.40. The molecule has 7 heteroatoms. The number of H-pyrrole nitrogens is 2. The normalized spacial score (nSPS) is 11.3. The number of aliphatic hydroxyl groups excluding tert-OH is 1. The van der Waals surface area contributed by atoms with Crippen LogP contribution in [-0.4, -0.2) is 26.7 Å². The van der Waals surface area contributed by atoms with Crippen LogP contribution in [0, 0.1) is 0 Å². The molecule has 0 atom stereocenters. The number of hydrogen-bond donors (Lipinski definition) is 3. The molecule has 0 saturated heterocycles. The third-order valence-corrected chi connectivity index (χ3v) is 3.32. The molecule has 0 bridgehead atoms. The van der Waals surface area contributed by atoms with Crippen LogP contribution in [0.1, 0.15) is 5.82 Å². The van der Waals surface area contributed by atoms with Crippen molar-refractivity contribution in [3.8, 4) is 11.3 Å². The maximum atomic E-state index is 11.1. The molecule has 0 aliphatic rings. The number of aromatic nitrogens is 3. The van der Waals surface area contributed by atoms with E-state index in [9.17, 15) is 4.79 Å². The molecule has 0 aliphatic heterocycles. The van der Waals surface area contributed by atoms with Crippen LogP contribution < -0.4 is 5.76 Å². The summed E-state index contributed by atoms with van der Waals surface area (Å²) in [6.45, 7) is 0.0352. The van der Waals surface area contributed by atoms with Crippen molar-refractivity contribution < 1.29 is 9.52 Å². The maximum Gasteiger partial charge on any atom is 0.417 e. The van der Waals surface area contributed by atoms with Crippen molar-refractivity contribution in [1.82, 2.24) is 15.0 Å². The van der Waals surface area contributed by atoms with Crippen molar-refractivity contribution in [3.05, 3.63) is 39.2 Å². The quantitative estimate of drug-likeness (QED) is 0.685. The summed E-state index contributed by atoms with van der Waals surface area (Å²) < 4.78 is 5.69. The van der Waals surface area contributed by atoms with Gasteiger partial charge in [0.2, 0.25) is 0 Å². The van der Waals surface area contributed by atoms with Gasteiger partial charge in [-0.3, -0.25) is 4.98 Å².